The summed E-state index contributed by atoms with van der Waals surface area (Å²) < 4.78 is 0. The maximum absolute atomic E-state index is 12.0. The van der Waals surface area contributed by atoms with Gasteiger partial charge in [0.05, 0.1) is 6.42 Å². The first-order chi connectivity index (χ1) is 9.04. The van der Waals surface area contributed by atoms with Gasteiger partial charge in [0.1, 0.15) is 0 Å². The van der Waals surface area contributed by atoms with Gasteiger partial charge in [-0.2, -0.15) is 0 Å². The van der Waals surface area contributed by atoms with Crippen LogP contribution in [0.5, 0.6) is 0 Å². The molecule has 0 radical (unpaired) electrons. The number of hydrogen-bond acceptors (Lipinski definition) is 3. The number of unbranched alkanes of at least 4 members (excludes halogenated alkanes) is 1. The highest BCUT2D eigenvalue weighted by molar-refractivity contribution is 5.77. The van der Waals surface area contributed by atoms with E-state index in [0.717, 1.165) is 32.5 Å². The van der Waals surface area contributed by atoms with Crippen LogP contribution in [0.3, 0.4) is 0 Å². The predicted molar refractivity (Wildman–Crippen MR) is 76.1 cm³/mol. The van der Waals surface area contributed by atoms with Crippen molar-refractivity contribution in [3.8, 4) is 0 Å². The van der Waals surface area contributed by atoms with Crippen LogP contribution in [0, 0.1) is 0 Å². The van der Waals surface area contributed by atoms with Crippen LogP contribution in [0.25, 0.3) is 0 Å². The molecule has 5 heteroatoms. The second kappa shape index (κ2) is 10.8. The maximum Gasteiger partial charge on any atom is 0.305 e. The third-order valence-electron chi connectivity index (χ3n) is 3.27. The van der Waals surface area contributed by atoms with Crippen LogP contribution in [0.2, 0.25) is 0 Å². The van der Waals surface area contributed by atoms with Crippen LogP contribution in [0.15, 0.2) is 0 Å². The minimum Gasteiger partial charge on any atom is -0.481 e. The number of amides is 1. The Hall–Kier alpha value is -1.10. The first-order valence-corrected chi connectivity index (χ1v) is 7.27. The number of hydrogen-bond donors (Lipinski definition) is 1. The topological polar surface area (TPSA) is 60.9 Å². The van der Waals surface area contributed by atoms with E-state index >= 15 is 0 Å². The fourth-order valence-corrected chi connectivity index (χ4v) is 1.88. The highest BCUT2D eigenvalue weighted by Gasteiger charge is 2.15. The summed E-state index contributed by atoms with van der Waals surface area (Å²) in [6, 6.07) is 0. The molecule has 0 saturated carbocycles. The van der Waals surface area contributed by atoms with E-state index in [1.165, 1.54) is 0 Å². The molecular formula is C14H28N2O3. The number of rotatable bonds is 11. The average molecular weight is 272 g/mol. The Balaban J connectivity index is 4.30. The highest BCUT2D eigenvalue weighted by Crippen LogP contribution is 2.03. The van der Waals surface area contributed by atoms with Crippen LogP contribution in [0.4, 0.5) is 0 Å². The summed E-state index contributed by atoms with van der Waals surface area (Å²) in [5, 5.41) is 8.74. The van der Waals surface area contributed by atoms with Gasteiger partial charge in [-0.15, -0.1) is 0 Å². The molecule has 0 atom stereocenters. The molecule has 0 bridgehead atoms. The molecule has 0 aliphatic carbocycles. The minimum atomic E-state index is -0.851. The van der Waals surface area contributed by atoms with Crippen molar-refractivity contribution >= 4 is 11.9 Å². The van der Waals surface area contributed by atoms with Crippen molar-refractivity contribution < 1.29 is 14.7 Å². The summed E-state index contributed by atoms with van der Waals surface area (Å²) in [5.74, 6) is -0.772. The Bertz CT molecular complexity index is 265. The van der Waals surface area contributed by atoms with Crippen LogP contribution in [-0.2, 0) is 9.59 Å². The predicted octanol–water partition coefficient (Wildman–Crippen LogP) is 1.82. The van der Waals surface area contributed by atoms with Gasteiger partial charge >= 0.3 is 5.97 Å². The second-order valence-corrected chi connectivity index (χ2v) is 4.65. The first kappa shape index (κ1) is 17.9. The third-order valence-corrected chi connectivity index (χ3v) is 3.27. The minimum absolute atomic E-state index is 0.0239. The third kappa shape index (κ3) is 8.59. The quantitative estimate of drug-likeness (QED) is 0.623. The molecule has 0 aliphatic rings. The van der Waals surface area contributed by atoms with E-state index in [-0.39, 0.29) is 12.3 Å². The van der Waals surface area contributed by atoms with Crippen molar-refractivity contribution in [3.63, 3.8) is 0 Å². The van der Waals surface area contributed by atoms with Gasteiger partial charge in [0.25, 0.3) is 0 Å². The zero-order valence-corrected chi connectivity index (χ0v) is 12.5. The van der Waals surface area contributed by atoms with E-state index in [0.29, 0.717) is 19.5 Å². The van der Waals surface area contributed by atoms with Gasteiger partial charge in [-0.3, -0.25) is 9.59 Å². The largest absolute Gasteiger partial charge is 0.481 e. The molecule has 0 spiro atoms. The Morgan fingerprint density at radius 1 is 0.947 bits per heavy atom. The van der Waals surface area contributed by atoms with Gasteiger partial charge < -0.3 is 14.9 Å². The molecule has 0 aromatic heterocycles. The molecule has 1 N–H and O–H groups in total. The van der Waals surface area contributed by atoms with Gasteiger partial charge in [0.15, 0.2) is 0 Å². The maximum atomic E-state index is 12.0. The van der Waals surface area contributed by atoms with Crippen molar-refractivity contribution in [2.24, 2.45) is 0 Å². The molecule has 1 amide bonds. The Kier molecular flexibility index (Phi) is 10.2. The standard InChI is InChI=1S/C14H28N2O3/c1-4-7-8-13(17)16(10-9-14(18)19)12-11-15(5-2)6-3/h4-12H2,1-3H3,(H,18,19). The van der Waals surface area contributed by atoms with E-state index in [1.807, 2.05) is 6.92 Å². The molecule has 5 nitrogen and oxygen atoms in total. The molecule has 0 heterocycles. The van der Waals surface area contributed by atoms with Gasteiger partial charge in [-0.1, -0.05) is 27.2 Å². The average Bonchev–Trinajstić information content (AvgIpc) is 2.40. The Morgan fingerprint density at radius 3 is 2.05 bits per heavy atom. The van der Waals surface area contributed by atoms with Crippen LogP contribution in [0.1, 0.15) is 46.5 Å². The van der Waals surface area contributed by atoms with E-state index < -0.39 is 5.97 Å². The lowest BCUT2D eigenvalue weighted by Gasteiger charge is -2.26. The fraction of sp³-hybridized carbons (Fsp3) is 0.857. The summed E-state index contributed by atoms with van der Waals surface area (Å²) >= 11 is 0. The molecule has 19 heavy (non-hydrogen) atoms. The number of aliphatic carboxylic acids is 1. The summed E-state index contributed by atoms with van der Waals surface area (Å²) in [5.41, 5.74) is 0. The molecule has 0 aliphatic heterocycles. The van der Waals surface area contributed by atoms with Gasteiger partial charge in [0.2, 0.25) is 5.91 Å². The molecule has 0 rings (SSSR count). The number of nitrogens with zero attached hydrogens (tertiary/aromatic N) is 2. The van der Waals surface area contributed by atoms with Crippen molar-refractivity contribution in [1.29, 1.82) is 0 Å². The van der Waals surface area contributed by atoms with E-state index in [1.54, 1.807) is 4.90 Å². The summed E-state index contributed by atoms with van der Waals surface area (Å²) in [7, 11) is 0. The molecule has 0 aromatic carbocycles. The lowest BCUT2D eigenvalue weighted by molar-refractivity contribution is -0.138. The fourth-order valence-electron chi connectivity index (χ4n) is 1.88. The molecular weight excluding hydrogens is 244 g/mol. The van der Waals surface area contributed by atoms with E-state index in [9.17, 15) is 9.59 Å². The van der Waals surface area contributed by atoms with Gasteiger partial charge in [-0.05, 0) is 19.5 Å². The monoisotopic (exact) mass is 272 g/mol. The molecule has 0 unspecified atom stereocenters. The van der Waals surface area contributed by atoms with E-state index in [4.69, 9.17) is 5.11 Å². The zero-order valence-electron chi connectivity index (χ0n) is 12.5. The zero-order chi connectivity index (χ0) is 14.7. The second-order valence-electron chi connectivity index (χ2n) is 4.65. The first-order valence-electron chi connectivity index (χ1n) is 7.27. The number of carboxylic acids is 1. The van der Waals surface area contributed by atoms with Crippen LogP contribution in [-0.4, -0.2) is 59.5 Å². The van der Waals surface area contributed by atoms with Gasteiger partial charge in [-0.25, -0.2) is 0 Å². The van der Waals surface area contributed by atoms with Crippen molar-refractivity contribution in [3.05, 3.63) is 0 Å². The van der Waals surface area contributed by atoms with Crippen LogP contribution >= 0.6 is 0 Å². The Labute approximate surface area is 116 Å². The lowest BCUT2D eigenvalue weighted by Crippen LogP contribution is -2.39. The molecule has 112 valence electrons. The Morgan fingerprint density at radius 2 is 1.58 bits per heavy atom. The van der Waals surface area contributed by atoms with Crippen molar-refractivity contribution in [2.75, 3.05) is 32.7 Å². The van der Waals surface area contributed by atoms with Crippen LogP contribution < -0.4 is 0 Å². The number of carbonyl (C=O) groups is 2. The summed E-state index contributed by atoms with van der Waals surface area (Å²) in [4.78, 5) is 26.6. The molecule has 0 fully saturated rings. The highest BCUT2D eigenvalue weighted by atomic mass is 16.4. The van der Waals surface area contributed by atoms with Crippen molar-refractivity contribution in [1.82, 2.24) is 9.80 Å². The molecule has 0 saturated heterocycles. The lowest BCUT2D eigenvalue weighted by atomic mass is 10.2. The number of carboxylic acid groups (broad SMARTS) is 1. The number of carbonyl (C=O) groups excluding carboxylic acids is 1. The summed E-state index contributed by atoms with van der Waals surface area (Å²) in [6.07, 6.45) is 2.40. The SMILES string of the molecule is CCCCC(=O)N(CCC(=O)O)CCN(CC)CC. The number of likely N-dealkylation sites (N-methyl/N-ethyl adjacent to an activating group) is 1. The summed E-state index contributed by atoms with van der Waals surface area (Å²) in [6.45, 7) is 9.87. The molecule has 0 aromatic rings. The van der Waals surface area contributed by atoms with Gasteiger partial charge in [0, 0.05) is 26.1 Å². The van der Waals surface area contributed by atoms with E-state index in [2.05, 4.69) is 18.7 Å². The smallest absolute Gasteiger partial charge is 0.305 e. The normalized spacial score (nSPS) is 10.7. The van der Waals surface area contributed by atoms with Crippen molar-refractivity contribution in [2.45, 2.75) is 46.5 Å².